The van der Waals surface area contributed by atoms with Gasteiger partial charge in [-0.05, 0) is 57.4 Å². The fourth-order valence-corrected chi connectivity index (χ4v) is 2.84. The molecule has 0 aromatic heterocycles. The summed E-state index contributed by atoms with van der Waals surface area (Å²) >= 11 is 3.46. The second kappa shape index (κ2) is 5.64. The van der Waals surface area contributed by atoms with Crippen LogP contribution in [0.15, 0.2) is 22.7 Å². The number of hydrogen-bond acceptors (Lipinski definition) is 3. The van der Waals surface area contributed by atoms with Gasteiger partial charge in [-0.3, -0.25) is 0 Å². The Balaban J connectivity index is 2.23. The molecule has 5 heteroatoms. The molecule has 0 bridgehead atoms. The zero-order chi connectivity index (χ0) is 14.9. The number of hydrogen-bond donors (Lipinski definition) is 1. The van der Waals surface area contributed by atoms with Crippen molar-refractivity contribution >= 4 is 27.7 Å². The van der Waals surface area contributed by atoms with E-state index < -0.39 is 5.60 Å². The Kier molecular flexibility index (Phi) is 4.28. The quantitative estimate of drug-likeness (QED) is 0.783. The van der Waals surface area contributed by atoms with Crippen LogP contribution in [0.3, 0.4) is 0 Å². The van der Waals surface area contributed by atoms with Gasteiger partial charge in [0.25, 0.3) is 0 Å². The fourth-order valence-electron chi connectivity index (χ4n) is 2.46. The molecule has 0 aliphatic carbocycles. The smallest absolute Gasteiger partial charge is 0.410 e. The van der Waals surface area contributed by atoms with Crippen LogP contribution in [0.25, 0.3) is 0 Å². The standard InChI is InChI=1S/C15H21BrN2O2/c1-15(2,3)20-14(19)18-8-4-5-13(18)11-9-10(16)6-7-12(11)17/h6-7,9,13H,4-5,8,17H2,1-3H3. The van der Waals surface area contributed by atoms with Crippen LogP contribution in [0, 0.1) is 0 Å². The summed E-state index contributed by atoms with van der Waals surface area (Å²) in [5.74, 6) is 0. The van der Waals surface area contributed by atoms with Crippen molar-refractivity contribution in [3.63, 3.8) is 0 Å². The number of carbonyl (C=O) groups is 1. The summed E-state index contributed by atoms with van der Waals surface area (Å²) < 4.78 is 6.45. The fraction of sp³-hybridized carbons (Fsp3) is 0.533. The lowest BCUT2D eigenvalue weighted by atomic mass is 10.0. The van der Waals surface area contributed by atoms with E-state index in [4.69, 9.17) is 10.5 Å². The molecule has 2 N–H and O–H groups in total. The Labute approximate surface area is 128 Å². The zero-order valence-corrected chi connectivity index (χ0v) is 13.7. The topological polar surface area (TPSA) is 55.6 Å². The number of nitrogens with two attached hydrogens (primary N) is 1. The largest absolute Gasteiger partial charge is 0.444 e. The molecule has 0 saturated carbocycles. The second-order valence-corrected chi connectivity index (χ2v) is 7.02. The minimum atomic E-state index is -0.479. The lowest BCUT2D eigenvalue weighted by Gasteiger charge is -2.29. The van der Waals surface area contributed by atoms with Crippen LogP contribution in [0.4, 0.5) is 10.5 Å². The first-order valence-electron chi connectivity index (χ1n) is 6.82. The first kappa shape index (κ1) is 15.2. The average Bonchev–Trinajstić information content (AvgIpc) is 2.79. The third-order valence-electron chi connectivity index (χ3n) is 3.29. The Morgan fingerprint density at radius 3 is 2.80 bits per heavy atom. The van der Waals surface area contributed by atoms with Gasteiger partial charge in [-0.25, -0.2) is 4.79 Å². The predicted octanol–water partition coefficient (Wildman–Crippen LogP) is 4.10. The van der Waals surface area contributed by atoms with E-state index in [0.29, 0.717) is 12.2 Å². The van der Waals surface area contributed by atoms with Gasteiger partial charge in [-0.15, -0.1) is 0 Å². The number of ether oxygens (including phenoxy) is 1. The molecule has 20 heavy (non-hydrogen) atoms. The van der Waals surface area contributed by atoms with E-state index >= 15 is 0 Å². The molecule has 1 aliphatic heterocycles. The van der Waals surface area contributed by atoms with Gasteiger partial charge in [0.2, 0.25) is 0 Å². The van der Waals surface area contributed by atoms with Gasteiger partial charge in [0, 0.05) is 16.7 Å². The number of nitrogen functional groups attached to an aromatic ring is 1. The summed E-state index contributed by atoms with van der Waals surface area (Å²) in [6, 6.07) is 5.77. The maximum atomic E-state index is 12.3. The Bertz CT molecular complexity index is 511. The van der Waals surface area contributed by atoms with Crippen molar-refractivity contribution in [1.82, 2.24) is 4.90 Å². The van der Waals surface area contributed by atoms with E-state index in [0.717, 1.165) is 22.9 Å². The van der Waals surface area contributed by atoms with Gasteiger partial charge in [0.1, 0.15) is 5.60 Å². The van der Waals surface area contributed by atoms with Crippen LogP contribution >= 0.6 is 15.9 Å². The highest BCUT2D eigenvalue weighted by molar-refractivity contribution is 9.10. The molecule has 1 fully saturated rings. The monoisotopic (exact) mass is 340 g/mol. The third kappa shape index (κ3) is 3.45. The number of carbonyl (C=O) groups excluding carboxylic acids is 1. The van der Waals surface area contributed by atoms with Gasteiger partial charge >= 0.3 is 6.09 Å². The number of benzene rings is 1. The predicted molar refractivity (Wildman–Crippen MR) is 83.5 cm³/mol. The van der Waals surface area contributed by atoms with E-state index in [9.17, 15) is 4.79 Å². The number of nitrogens with zero attached hydrogens (tertiary/aromatic N) is 1. The molecule has 1 heterocycles. The summed E-state index contributed by atoms with van der Waals surface area (Å²) in [5, 5.41) is 0. The Morgan fingerprint density at radius 2 is 2.15 bits per heavy atom. The lowest BCUT2D eigenvalue weighted by molar-refractivity contribution is 0.0225. The highest BCUT2D eigenvalue weighted by Gasteiger charge is 2.34. The van der Waals surface area contributed by atoms with Crippen LogP contribution < -0.4 is 5.73 Å². The SMILES string of the molecule is CC(C)(C)OC(=O)N1CCCC1c1cc(Br)ccc1N. The molecule has 2 rings (SSSR count). The second-order valence-electron chi connectivity index (χ2n) is 6.11. The van der Waals surface area contributed by atoms with Crippen molar-refractivity contribution in [1.29, 1.82) is 0 Å². The summed E-state index contributed by atoms with van der Waals surface area (Å²) in [5.41, 5.74) is 7.29. The van der Waals surface area contributed by atoms with Crippen molar-refractivity contribution in [2.45, 2.75) is 45.3 Å². The molecule has 0 spiro atoms. The molecular formula is C15H21BrN2O2. The molecule has 110 valence electrons. The molecule has 4 nitrogen and oxygen atoms in total. The summed E-state index contributed by atoms with van der Waals surface area (Å²) in [6.07, 6.45) is 1.62. The Hall–Kier alpha value is -1.23. The lowest BCUT2D eigenvalue weighted by Crippen LogP contribution is -2.36. The zero-order valence-electron chi connectivity index (χ0n) is 12.1. The van der Waals surface area contributed by atoms with Crippen molar-refractivity contribution in [2.75, 3.05) is 12.3 Å². The number of likely N-dealkylation sites (tertiary alicyclic amines) is 1. The molecule has 1 atom stereocenters. The third-order valence-corrected chi connectivity index (χ3v) is 3.78. The highest BCUT2D eigenvalue weighted by Crippen LogP contribution is 2.37. The van der Waals surface area contributed by atoms with Crippen molar-refractivity contribution in [3.05, 3.63) is 28.2 Å². The molecule has 1 amide bonds. The van der Waals surface area contributed by atoms with Crippen molar-refractivity contribution < 1.29 is 9.53 Å². The molecule has 0 radical (unpaired) electrons. The minimum absolute atomic E-state index is 0.00218. The maximum absolute atomic E-state index is 12.3. The van der Waals surface area contributed by atoms with E-state index in [2.05, 4.69) is 15.9 Å². The van der Waals surface area contributed by atoms with Gasteiger partial charge in [0.15, 0.2) is 0 Å². The van der Waals surface area contributed by atoms with Crippen LogP contribution in [-0.4, -0.2) is 23.1 Å². The normalized spacial score (nSPS) is 19.2. The van der Waals surface area contributed by atoms with Crippen LogP contribution in [0.1, 0.15) is 45.2 Å². The number of halogens is 1. The van der Waals surface area contributed by atoms with Gasteiger partial charge in [-0.2, -0.15) is 0 Å². The van der Waals surface area contributed by atoms with Gasteiger partial charge in [0.05, 0.1) is 6.04 Å². The number of anilines is 1. The van der Waals surface area contributed by atoms with E-state index in [1.165, 1.54) is 0 Å². The van der Waals surface area contributed by atoms with Gasteiger partial charge < -0.3 is 15.4 Å². The maximum Gasteiger partial charge on any atom is 0.410 e. The first-order valence-corrected chi connectivity index (χ1v) is 7.62. The summed E-state index contributed by atoms with van der Waals surface area (Å²) in [4.78, 5) is 14.1. The molecule has 1 unspecified atom stereocenters. The van der Waals surface area contributed by atoms with Crippen LogP contribution in [0.2, 0.25) is 0 Å². The Morgan fingerprint density at radius 1 is 1.45 bits per heavy atom. The molecular weight excluding hydrogens is 320 g/mol. The van der Waals surface area contributed by atoms with Gasteiger partial charge in [-0.1, -0.05) is 15.9 Å². The first-order chi connectivity index (χ1) is 9.28. The van der Waals surface area contributed by atoms with Crippen molar-refractivity contribution in [2.24, 2.45) is 0 Å². The molecule has 1 aromatic carbocycles. The van der Waals surface area contributed by atoms with Crippen LogP contribution in [-0.2, 0) is 4.74 Å². The molecule has 1 aromatic rings. The minimum Gasteiger partial charge on any atom is -0.444 e. The molecule has 1 saturated heterocycles. The number of amides is 1. The highest BCUT2D eigenvalue weighted by atomic mass is 79.9. The van der Waals surface area contributed by atoms with E-state index in [-0.39, 0.29) is 12.1 Å². The average molecular weight is 341 g/mol. The van der Waals surface area contributed by atoms with Crippen LogP contribution in [0.5, 0.6) is 0 Å². The van der Waals surface area contributed by atoms with E-state index in [1.54, 1.807) is 4.90 Å². The number of rotatable bonds is 1. The van der Waals surface area contributed by atoms with Crippen molar-refractivity contribution in [3.8, 4) is 0 Å². The summed E-state index contributed by atoms with van der Waals surface area (Å²) in [7, 11) is 0. The summed E-state index contributed by atoms with van der Waals surface area (Å²) in [6.45, 7) is 6.35. The van der Waals surface area contributed by atoms with E-state index in [1.807, 2.05) is 39.0 Å². The molecule has 1 aliphatic rings.